The summed E-state index contributed by atoms with van der Waals surface area (Å²) in [5, 5.41) is 12.8. The Morgan fingerprint density at radius 2 is 2.23 bits per heavy atom. The molecule has 0 amide bonds. The van der Waals surface area contributed by atoms with Crippen LogP contribution in [-0.2, 0) is 23.7 Å². The fourth-order valence-electron chi connectivity index (χ4n) is 4.48. The van der Waals surface area contributed by atoms with Gasteiger partial charge in [-0.05, 0) is 18.8 Å². The van der Waals surface area contributed by atoms with Crippen molar-refractivity contribution in [2.75, 3.05) is 0 Å². The van der Waals surface area contributed by atoms with Gasteiger partial charge in [0.05, 0.1) is 12.3 Å². The van der Waals surface area contributed by atoms with Gasteiger partial charge in [0.2, 0.25) is 11.6 Å². The zero-order valence-electron chi connectivity index (χ0n) is 16.7. The molecule has 0 unspecified atom stereocenters. The lowest BCUT2D eigenvalue weighted by molar-refractivity contribution is -0.121. The summed E-state index contributed by atoms with van der Waals surface area (Å²) in [6.45, 7) is 13.1. The lowest BCUT2D eigenvalue weighted by atomic mass is 9.58. The van der Waals surface area contributed by atoms with Crippen molar-refractivity contribution in [1.29, 1.82) is 0 Å². The van der Waals surface area contributed by atoms with Crippen molar-refractivity contribution in [2.24, 2.45) is 18.9 Å². The monoisotopic (exact) mass is 355 g/mol. The van der Waals surface area contributed by atoms with Crippen molar-refractivity contribution in [2.45, 2.75) is 46.4 Å². The number of ketones is 1. The second-order valence-corrected chi connectivity index (χ2v) is 7.15. The second kappa shape index (κ2) is 5.90. The number of hydrogen-bond donors (Lipinski definition) is 0. The molecule has 2 aromatic rings. The van der Waals surface area contributed by atoms with Crippen LogP contribution >= 0.6 is 0 Å². The van der Waals surface area contributed by atoms with Gasteiger partial charge in [-0.3, -0.25) is 4.68 Å². The van der Waals surface area contributed by atoms with Crippen LogP contribution in [-0.4, -0.2) is 25.8 Å². The summed E-state index contributed by atoms with van der Waals surface area (Å²) < 4.78 is 13.1. The molecular formula is C19H23N5O2. The van der Waals surface area contributed by atoms with Gasteiger partial charge in [-0.2, -0.15) is 5.10 Å². The summed E-state index contributed by atoms with van der Waals surface area (Å²) in [5.74, 6) is 0.889. The van der Waals surface area contributed by atoms with E-state index >= 15 is 0 Å². The number of carbonyl (C=O) groups is 1. The van der Waals surface area contributed by atoms with E-state index in [0.29, 0.717) is 11.8 Å². The van der Waals surface area contributed by atoms with Gasteiger partial charge in [0.25, 0.3) is 5.89 Å². The number of hydrogen-bond acceptors (Lipinski definition) is 5. The predicted octanol–water partition coefficient (Wildman–Crippen LogP) is 3.26. The van der Waals surface area contributed by atoms with Crippen LogP contribution in [0, 0.1) is 25.3 Å². The summed E-state index contributed by atoms with van der Waals surface area (Å²) in [6.07, 6.45) is 3.49. The van der Waals surface area contributed by atoms with Gasteiger partial charge in [0.1, 0.15) is 5.69 Å². The van der Waals surface area contributed by atoms with Gasteiger partial charge in [-0.1, -0.05) is 27.3 Å². The Kier molecular flexibility index (Phi) is 3.79. The third-order valence-electron chi connectivity index (χ3n) is 5.69. The van der Waals surface area contributed by atoms with E-state index in [4.69, 9.17) is 17.5 Å². The summed E-state index contributed by atoms with van der Waals surface area (Å²) >= 11 is 0. The maximum absolute atomic E-state index is 12.4. The molecule has 7 heteroatoms. The molecule has 0 bridgehead atoms. The zero-order valence-corrected chi connectivity index (χ0v) is 15.7. The Morgan fingerprint density at radius 1 is 1.50 bits per heavy atom. The van der Waals surface area contributed by atoms with Crippen LogP contribution in [0.25, 0.3) is 16.4 Å². The summed E-state index contributed by atoms with van der Waals surface area (Å²) in [5.41, 5.74) is 2.61. The quantitative estimate of drug-likeness (QED) is 0.734. The van der Waals surface area contributed by atoms with Crippen molar-refractivity contribution in [1.82, 2.24) is 20.0 Å². The number of fused-ring (bicyclic) bond motifs is 3. The normalized spacial score (nSPS) is 27.3. The molecule has 4 rings (SSSR count). The molecule has 0 spiro atoms. The highest BCUT2D eigenvalue weighted by molar-refractivity contribution is 6.00. The standard InChI is InChI=1S/C18H19N5O2.CH4/c1-9-12-7-6-11-14(17-21-20-10(2)25-17)23(5)22-16(11)18(12,3)8-13(19-4)15(9)24;/h8-9,12H,6-7H2,1-3,5H3;1H4/t9-,12-,18-;/m0./s1/i;1T. The first-order valence-corrected chi connectivity index (χ1v) is 8.38. The minimum absolute atomic E-state index is 0.0513. The summed E-state index contributed by atoms with van der Waals surface area (Å²) in [7, 11) is 3.11. The maximum atomic E-state index is 12.4. The van der Waals surface area contributed by atoms with Crippen LogP contribution in [0.1, 0.15) is 46.2 Å². The lowest BCUT2D eigenvalue weighted by Gasteiger charge is -2.44. The number of allylic oxidation sites excluding steroid dienone is 2. The molecule has 7 nitrogen and oxygen atoms in total. The summed E-state index contributed by atoms with van der Waals surface area (Å²) in [4.78, 5) is 15.9. The highest BCUT2D eigenvalue weighted by Gasteiger charge is 2.50. The van der Waals surface area contributed by atoms with E-state index in [2.05, 4.69) is 22.0 Å². The van der Waals surface area contributed by atoms with Crippen LogP contribution in [0.4, 0.5) is 0 Å². The Balaban J connectivity index is 0.00000102. The molecule has 3 atom stereocenters. The molecule has 0 aliphatic heterocycles. The molecule has 0 fully saturated rings. The molecule has 2 aromatic heterocycles. The number of aryl methyl sites for hydroxylation is 2. The Labute approximate surface area is 154 Å². The summed E-state index contributed by atoms with van der Waals surface area (Å²) in [6, 6.07) is 0. The average molecular weight is 355 g/mol. The van der Waals surface area contributed by atoms with Gasteiger partial charge in [-0.25, -0.2) is 4.85 Å². The molecule has 0 aromatic carbocycles. The van der Waals surface area contributed by atoms with Crippen LogP contribution in [0.5, 0.6) is 0 Å². The van der Waals surface area contributed by atoms with E-state index in [1.807, 2.05) is 20.0 Å². The van der Waals surface area contributed by atoms with Gasteiger partial charge in [0.15, 0.2) is 5.78 Å². The number of aromatic nitrogens is 4. The molecule has 136 valence electrons. The van der Waals surface area contributed by atoms with Crippen LogP contribution in [0.15, 0.2) is 16.2 Å². The SMILES string of the molecule is [3H]C.[C-]#[N+]C1=C[C@]2(C)c3nn(C)c(-c4nnc(C)o4)c3CC[C@H]2[C@H](C)C1=O. The number of Topliss-reactive ketones (excluding diaryl/α,β-unsaturated/α-hetero) is 1. The predicted molar refractivity (Wildman–Crippen MR) is 96.0 cm³/mol. The third kappa shape index (κ3) is 2.25. The van der Waals surface area contributed by atoms with Gasteiger partial charge < -0.3 is 9.21 Å². The smallest absolute Gasteiger partial charge is 0.266 e. The molecule has 26 heavy (non-hydrogen) atoms. The number of nitrogens with zero attached hydrogens (tertiary/aromatic N) is 5. The van der Waals surface area contributed by atoms with E-state index in [1.165, 1.54) is 7.40 Å². The zero-order chi connectivity index (χ0) is 19.9. The van der Waals surface area contributed by atoms with Crippen LogP contribution in [0.3, 0.4) is 0 Å². The van der Waals surface area contributed by atoms with Gasteiger partial charge in [-0.15, -0.1) is 10.2 Å². The minimum Gasteiger partial charge on any atom is -0.420 e. The van der Waals surface area contributed by atoms with E-state index in [9.17, 15) is 4.79 Å². The van der Waals surface area contributed by atoms with Crippen LogP contribution < -0.4 is 0 Å². The largest absolute Gasteiger partial charge is 0.420 e. The van der Waals surface area contributed by atoms with Crippen LogP contribution in [0.2, 0.25) is 0 Å². The Bertz CT molecular complexity index is 967. The Morgan fingerprint density at radius 3 is 2.85 bits per heavy atom. The Hall–Kier alpha value is -2.75. The maximum Gasteiger partial charge on any atom is 0.266 e. The van der Waals surface area contributed by atoms with Crippen molar-refractivity contribution >= 4 is 5.78 Å². The molecule has 2 heterocycles. The van der Waals surface area contributed by atoms with Gasteiger partial charge >= 0.3 is 0 Å². The molecule has 0 N–H and O–H groups in total. The lowest BCUT2D eigenvalue weighted by Crippen LogP contribution is -2.45. The molecule has 2 aliphatic carbocycles. The molecule has 2 aliphatic rings. The van der Waals surface area contributed by atoms with E-state index < -0.39 is 5.41 Å². The molecule has 0 saturated carbocycles. The molecular weight excluding hydrogens is 330 g/mol. The average Bonchev–Trinajstić information content (AvgIpc) is 3.23. The fourth-order valence-corrected chi connectivity index (χ4v) is 4.48. The van der Waals surface area contributed by atoms with Crippen molar-refractivity contribution in [3.05, 3.63) is 40.3 Å². The topological polar surface area (TPSA) is 78.2 Å². The van der Waals surface area contributed by atoms with Gasteiger partial charge in [0, 0.05) is 32.2 Å². The number of rotatable bonds is 1. The van der Waals surface area contributed by atoms with E-state index in [-0.39, 0.29) is 23.3 Å². The first-order valence-electron chi connectivity index (χ1n) is 9.38. The van der Waals surface area contributed by atoms with E-state index in [0.717, 1.165) is 29.8 Å². The highest BCUT2D eigenvalue weighted by Crippen LogP contribution is 2.51. The van der Waals surface area contributed by atoms with E-state index in [1.54, 1.807) is 11.6 Å². The molecule has 0 radical (unpaired) electrons. The first kappa shape index (κ1) is 16.7. The number of carbonyl (C=O) groups excluding carboxylic acids is 1. The highest BCUT2D eigenvalue weighted by atomic mass is 16.4. The third-order valence-corrected chi connectivity index (χ3v) is 5.69. The first-order chi connectivity index (χ1) is 12.9. The van der Waals surface area contributed by atoms with Crippen molar-refractivity contribution in [3.63, 3.8) is 0 Å². The van der Waals surface area contributed by atoms with Crippen molar-refractivity contribution in [3.8, 4) is 11.6 Å². The fraction of sp³-hybridized carbons (Fsp3) is 0.526. The van der Waals surface area contributed by atoms with Crippen molar-refractivity contribution < 1.29 is 10.6 Å². The molecule has 0 saturated heterocycles. The minimum atomic E-state index is -0.439. The second-order valence-electron chi connectivity index (χ2n) is 7.15.